The monoisotopic (exact) mass is 171 g/mol. The molecule has 0 atom stereocenters. The van der Waals surface area contributed by atoms with Gasteiger partial charge in [0.05, 0.1) is 6.10 Å². The van der Waals surface area contributed by atoms with Crippen molar-refractivity contribution in [1.29, 1.82) is 0 Å². The fourth-order valence-electron chi connectivity index (χ4n) is 1.05. The second-order valence-electron chi connectivity index (χ2n) is 3.06. The maximum atomic E-state index is 10.3. The van der Waals surface area contributed by atoms with E-state index in [0.717, 1.165) is 0 Å². The third kappa shape index (κ3) is 2.32. The molecule has 0 aromatic rings. The second kappa shape index (κ2) is 3.69. The summed E-state index contributed by atoms with van der Waals surface area (Å²) in [4.78, 5) is 12.3. The highest BCUT2D eigenvalue weighted by Crippen LogP contribution is 2.07. The number of carbonyl (C=O) groups is 1. The molecule has 0 bridgehead atoms. The van der Waals surface area contributed by atoms with Crippen LogP contribution in [0.4, 0.5) is 0 Å². The summed E-state index contributed by atoms with van der Waals surface area (Å²) >= 11 is 0. The number of aliphatic hydroxyl groups is 1. The smallest absolute Gasteiger partial charge is 0.330 e. The molecule has 4 nitrogen and oxygen atoms in total. The number of carboxylic acid groups (broad SMARTS) is 1. The van der Waals surface area contributed by atoms with Gasteiger partial charge in [0.25, 0.3) is 0 Å². The van der Waals surface area contributed by atoms with Crippen LogP contribution in [0.3, 0.4) is 0 Å². The van der Waals surface area contributed by atoms with Crippen LogP contribution in [0.25, 0.3) is 0 Å². The van der Waals surface area contributed by atoms with Crippen LogP contribution in [-0.2, 0) is 4.79 Å². The molecule has 1 aliphatic heterocycles. The van der Waals surface area contributed by atoms with Crippen molar-refractivity contribution < 1.29 is 15.0 Å². The van der Waals surface area contributed by atoms with E-state index in [4.69, 9.17) is 10.2 Å². The fourth-order valence-corrected chi connectivity index (χ4v) is 1.05. The van der Waals surface area contributed by atoms with Crippen LogP contribution in [-0.4, -0.2) is 46.8 Å². The molecule has 0 aromatic heterocycles. The number of aliphatic carboxylic acids is 1. The molecule has 1 rings (SSSR count). The Balaban J connectivity index is 2.25. The van der Waals surface area contributed by atoms with Gasteiger partial charge in [0.1, 0.15) is 0 Å². The minimum Gasteiger partial charge on any atom is -0.478 e. The Bertz CT molecular complexity index is 206. The zero-order chi connectivity index (χ0) is 9.14. The predicted molar refractivity (Wildman–Crippen MR) is 43.8 cm³/mol. The van der Waals surface area contributed by atoms with Gasteiger partial charge in [0.2, 0.25) is 0 Å². The summed E-state index contributed by atoms with van der Waals surface area (Å²) in [7, 11) is 0. The maximum Gasteiger partial charge on any atom is 0.330 e. The number of hydrogen-bond acceptors (Lipinski definition) is 3. The van der Waals surface area contributed by atoms with Crippen LogP contribution in [0, 0.1) is 0 Å². The van der Waals surface area contributed by atoms with E-state index in [2.05, 4.69) is 0 Å². The van der Waals surface area contributed by atoms with E-state index in [-0.39, 0.29) is 6.10 Å². The van der Waals surface area contributed by atoms with Crippen molar-refractivity contribution in [1.82, 2.24) is 4.90 Å². The van der Waals surface area contributed by atoms with Gasteiger partial charge in [-0.3, -0.25) is 4.90 Å². The Morgan fingerprint density at radius 1 is 1.67 bits per heavy atom. The Kier molecular flexibility index (Phi) is 2.83. The van der Waals surface area contributed by atoms with Crippen LogP contribution in [0.5, 0.6) is 0 Å². The molecule has 1 aliphatic rings. The van der Waals surface area contributed by atoms with Crippen LogP contribution >= 0.6 is 0 Å². The zero-order valence-corrected chi connectivity index (χ0v) is 7.03. The molecule has 1 fully saturated rings. The largest absolute Gasteiger partial charge is 0.478 e. The SMILES string of the molecule is C/C(=C\CN1CC(O)C1)C(=O)O. The lowest BCUT2D eigenvalue weighted by molar-refractivity contribution is -0.132. The van der Waals surface area contributed by atoms with Gasteiger partial charge in [-0.25, -0.2) is 4.79 Å². The van der Waals surface area contributed by atoms with E-state index in [1.165, 1.54) is 0 Å². The molecule has 1 saturated heterocycles. The van der Waals surface area contributed by atoms with Crippen molar-refractivity contribution >= 4 is 5.97 Å². The molecule has 0 saturated carbocycles. The Hall–Kier alpha value is -0.870. The van der Waals surface area contributed by atoms with Gasteiger partial charge < -0.3 is 10.2 Å². The lowest BCUT2D eigenvalue weighted by Gasteiger charge is -2.34. The molecule has 12 heavy (non-hydrogen) atoms. The van der Waals surface area contributed by atoms with Gasteiger partial charge >= 0.3 is 5.97 Å². The molecule has 0 unspecified atom stereocenters. The van der Waals surface area contributed by atoms with Crippen LogP contribution in [0.15, 0.2) is 11.6 Å². The summed E-state index contributed by atoms with van der Waals surface area (Å²) in [6.07, 6.45) is 1.44. The number of aliphatic hydroxyl groups excluding tert-OH is 1. The molecular formula is C8H13NO3. The van der Waals surface area contributed by atoms with E-state index < -0.39 is 5.97 Å². The predicted octanol–water partition coefficient (Wildman–Crippen LogP) is -0.306. The van der Waals surface area contributed by atoms with E-state index in [9.17, 15) is 4.79 Å². The second-order valence-corrected chi connectivity index (χ2v) is 3.06. The summed E-state index contributed by atoms with van der Waals surface area (Å²) in [5.41, 5.74) is 0.358. The minimum atomic E-state index is -0.879. The van der Waals surface area contributed by atoms with Crippen molar-refractivity contribution in [2.75, 3.05) is 19.6 Å². The average molecular weight is 171 g/mol. The minimum absolute atomic E-state index is 0.219. The number of nitrogens with zero attached hydrogens (tertiary/aromatic N) is 1. The van der Waals surface area contributed by atoms with E-state index in [0.29, 0.717) is 25.2 Å². The van der Waals surface area contributed by atoms with E-state index in [1.807, 2.05) is 4.90 Å². The Morgan fingerprint density at radius 2 is 2.25 bits per heavy atom. The van der Waals surface area contributed by atoms with Gasteiger partial charge in [-0.15, -0.1) is 0 Å². The molecule has 0 aromatic carbocycles. The molecule has 1 heterocycles. The third-order valence-electron chi connectivity index (χ3n) is 1.93. The molecular weight excluding hydrogens is 158 g/mol. The highest BCUT2D eigenvalue weighted by Gasteiger charge is 2.22. The first-order valence-corrected chi connectivity index (χ1v) is 3.90. The van der Waals surface area contributed by atoms with Gasteiger partial charge in [0.15, 0.2) is 0 Å². The van der Waals surface area contributed by atoms with Crippen LogP contribution in [0.2, 0.25) is 0 Å². The quantitative estimate of drug-likeness (QED) is 0.572. The fraction of sp³-hybridized carbons (Fsp3) is 0.625. The number of β-amino-alcohol motifs (C(OH)–C–C–N with tert-alkyl or cyclic N) is 1. The highest BCUT2D eigenvalue weighted by atomic mass is 16.4. The van der Waals surface area contributed by atoms with Crippen LogP contribution in [0.1, 0.15) is 6.92 Å². The topological polar surface area (TPSA) is 60.8 Å². The molecule has 4 heteroatoms. The summed E-state index contributed by atoms with van der Waals surface area (Å²) in [6.45, 7) is 3.50. The van der Waals surface area contributed by atoms with Crippen molar-refractivity contribution in [3.8, 4) is 0 Å². The highest BCUT2D eigenvalue weighted by molar-refractivity contribution is 5.85. The Labute approximate surface area is 71.1 Å². The van der Waals surface area contributed by atoms with Gasteiger partial charge in [0, 0.05) is 25.2 Å². The standard InChI is InChI=1S/C8H13NO3/c1-6(8(11)12)2-3-9-4-7(10)5-9/h2,7,10H,3-5H2,1H3,(H,11,12)/b6-2+. The first kappa shape index (κ1) is 9.22. The molecule has 0 spiro atoms. The first-order chi connectivity index (χ1) is 5.59. The van der Waals surface area contributed by atoms with Crippen molar-refractivity contribution in [2.24, 2.45) is 0 Å². The first-order valence-electron chi connectivity index (χ1n) is 3.90. The molecule has 0 amide bonds. The molecule has 0 aliphatic carbocycles. The lowest BCUT2D eigenvalue weighted by Crippen LogP contribution is -2.50. The molecule has 2 N–H and O–H groups in total. The van der Waals surface area contributed by atoms with Crippen molar-refractivity contribution in [3.63, 3.8) is 0 Å². The number of rotatable bonds is 3. The molecule has 0 radical (unpaired) electrons. The van der Waals surface area contributed by atoms with Crippen molar-refractivity contribution in [3.05, 3.63) is 11.6 Å². The van der Waals surface area contributed by atoms with Gasteiger partial charge in [-0.05, 0) is 6.92 Å². The average Bonchev–Trinajstić information content (AvgIpc) is 1.95. The molecule has 68 valence electrons. The van der Waals surface area contributed by atoms with E-state index in [1.54, 1.807) is 13.0 Å². The Morgan fingerprint density at radius 3 is 2.67 bits per heavy atom. The summed E-state index contributed by atoms with van der Waals surface area (Å²) < 4.78 is 0. The zero-order valence-electron chi connectivity index (χ0n) is 7.03. The van der Waals surface area contributed by atoms with Gasteiger partial charge in [-0.1, -0.05) is 6.08 Å². The number of carboxylic acids is 1. The van der Waals surface area contributed by atoms with Crippen LogP contribution < -0.4 is 0 Å². The number of hydrogen-bond donors (Lipinski definition) is 2. The third-order valence-corrected chi connectivity index (χ3v) is 1.93. The number of likely N-dealkylation sites (tertiary alicyclic amines) is 1. The lowest BCUT2D eigenvalue weighted by atomic mass is 10.1. The summed E-state index contributed by atoms with van der Waals surface area (Å²) in [5, 5.41) is 17.4. The normalized spacial score (nSPS) is 20.7. The van der Waals surface area contributed by atoms with E-state index >= 15 is 0 Å². The van der Waals surface area contributed by atoms with Gasteiger partial charge in [-0.2, -0.15) is 0 Å². The maximum absolute atomic E-state index is 10.3. The summed E-state index contributed by atoms with van der Waals surface area (Å²) in [5.74, 6) is -0.879. The van der Waals surface area contributed by atoms with Crippen molar-refractivity contribution in [2.45, 2.75) is 13.0 Å². The summed E-state index contributed by atoms with van der Waals surface area (Å²) in [6, 6.07) is 0.